The lowest BCUT2D eigenvalue weighted by Gasteiger charge is -2.29. The van der Waals surface area contributed by atoms with Gasteiger partial charge in [0.05, 0.1) is 19.2 Å². The summed E-state index contributed by atoms with van der Waals surface area (Å²) < 4.78 is 11.5. The van der Waals surface area contributed by atoms with E-state index in [1.807, 2.05) is 42.2 Å². The number of phenols is 1. The molecule has 1 aromatic carbocycles. The van der Waals surface area contributed by atoms with Crippen molar-refractivity contribution in [2.45, 2.75) is 57.8 Å². The summed E-state index contributed by atoms with van der Waals surface area (Å²) in [5, 5.41) is 10.2. The van der Waals surface area contributed by atoms with Crippen molar-refractivity contribution >= 4 is 5.91 Å². The zero-order valence-electron chi connectivity index (χ0n) is 17.0. The Morgan fingerprint density at radius 1 is 1.14 bits per heavy atom. The summed E-state index contributed by atoms with van der Waals surface area (Å²) in [6.07, 6.45) is 4.34. The van der Waals surface area contributed by atoms with Crippen LogP contribution in [0.3, 0.4) is 0 Å². The highest BCUT2D eigenvalue weighted by molar-refractivity contribution is 5.79. The second kappa shape index (κ2) is 9.01. The number of carbonyl (C=O) groups is 1. The normalized spacial score (nSPS) is 19.0. The summed E-state index contributed by atoms with van der Waals surface area (Å²) in [4.78, 5) is 17.3. The molecule has 2 fully saturated rings. The Kier molecular flexibility index (Phi) is 6.21. The average Bonchev–Trinajstić information content (AvgIpc) is 3.25. The van der Waals surface area contributed by atoms with Crippen LogP contribution in [-0.2, 0) is 22.6 Å². The number of aryl methyl sites for hydroxylation is 1. The first-order chi connectivity index (χ1) is 14.1. The van der Waals surface area contributed by atoms with Gasteiger partial charge in [-0.2, -0.15) is 0 Å². The second-order valence-electron chi connectivity index (χ2n) is 8.20. The predicted molar refractivity (Wildman–Crippen MR) is 109 cm³/mol. The van der Waals surface area contributed by atoms with Crippen molar-refractivity contribution < 1.29 is 19.1 Å². The summed E-state index contributed by atoms with van der Waals surface area (Å²) in [6.45, 7) is 4.75. The number of hydrogen-bond donors (Lipinski definition) is 1. The van der Waals surface area contributed by atoms with Crippen LogP contribution in [0.25, 0.3) is 0 Å². The van der Waals surface area contributed by atoms with Gasteiger partial charge in [-0.05, 0) is 50.8 Å². The molecular formula is C23H30N2O4. The molecule has 6 nitrogen and oxygen atoms in total. The lowest BCUT2D eigenvalue weighted by molar-refractivity contribution is -0.134. The van der Waals surface area contributed by atoms with Gasteiger partial charge in [0.2, 0.25) is 5.91 Å². The molecule has 2 heterocycles. The van der Waals surface area contributed by atoms with Gasteiger partial charge in [0, 0.05) is 31.3 Å². The Morgan fingerprint density at radius 3 is 2.62 bits per heavy atom. The maximum Gasteiger partial charge on any atom is 0.237 e. The lowest BCUT2D eigenvalue weighted by atomic mass is 10.1. The van der Waals surface area contributed by atoms with E-state index >= 15 is 0 Å². The van der Waals surface area contributed by atoms with Crippen molar-refractivity contribution in [1.82, 2.24) is 9.80 Å². The highest BCUT2D eigenvalue weighted by Crippen LogP contribution is 2.29. The van der Waals surface area contributed by atoms with E-state index in [-0.39, 0.29) is 17.8 Å². The van der Waals surface area contributed by atoms with Crippen LogP contribution >= 0.6 is 0 Å². The van der Waals surface area contributed by atoms with Crippen LogP contribution in [-0.4, -0.2) is 52.7 Å². The molecule has 1 saturated carbocycles. The van der Waals surface area contributed by atoms with Crippen LogP contribution in [0.5, 0.6) is 5.75 Å². The molecule has 29 heavy (non-hydrogen) atoms. The number of aromatic hydroxyl groups is 1. The SMILES string of the molecule is Cc1ccc(CN(C(=O)CN(Cc2ccccc2O)CC2CCCO2)C2CC2)o1. The fraction of sp³-hybridized carbons (Fsp3) is 0.522. The van der Waals surface area contributed by atoms with Crippen LogP contribution in [0.1, 0.15) is 42.8 Å². The van der Waals surface area contributed by atoms with Gasteiger partial charge in [-0.3, -0.25) is 9.69 Å². The van der Waals surface area contributed by atoms with E-state index in [2.05, 4.69) is 4.90 Å². The van der Waals surface area contributed by atoms with Gasteiger partial charge >= 0.3 is 0 Å². The van der Waals surface area contributed by atoms with Gasteiger partial charge in [-0.25, -0.2) is 0 Å². The summed E-state index contributed by atoms with van der Waals surface area (Å²) in [7, 11) is 0. The third-order valence-corrected chi connectivity index (χ3v) is 5.66. The first-order valence-electron chi connectivity index (χ1n) is 10.5. The molecule has 1 N–H and O–H groups in total. The Labute approximate surface area is 172 Å². The number of benzene rings is 1. The quantitative estimate of drug-likeness (QED) is 0.701. The van der Waals surface area contributed by atoms with E-state index in [4.69, 9.17) is 9.15 Å². The fourth-order valence-corrected chi connectivity index (χ4v) is 3.97. The summed E-state index contributed by atoms with van der Waals surface area (Å²) in [6, 6.07) is 11.5. The standard InChI is InChI=1S/C23H30N2O4/c1-17-8-11-21(29-17)15-25(19-9-10-19)23(27)16-24(14-20-6-4-12-28-20)13-18-5-2-3-7-22(18)26/h2-3,5,7-8,11,19-20,26H,4,6,9-10,12-16H2,1H3. The first kappa shape index (κ1) is 20.0. The Balaban J connectivity index is 1.45. The fourth-order valence-electron chi connectivity index (χ4n) is 3.97. The molecule has 1 aliphatic heterocycles. The maximum absolute atomic E-state index is 13.2. The smallest absolute Gasteiger partial charge is 0.237 e. The molecule has 0 radical (unpaired) electrons. The van der Waals surface area contributed by atoms with E-state index in [0.29, 0.717) is 32.2 Å². The molecule has 156 valence electrons. The molecule has 6 heteroatoms. The van der Waals surface area contributed by atoms with Gasteiger partial charge in [0.25, 0.3) is 0 Å². The van der Waals surface area contributed by atoms with E-state index in [1.54, 1.807) is 6.07 Å². The number of amides is 1. The number of hydrogen-bond acceptors (Lipinski definition) is 5. The van der Waals surface area contributed by atoms with E-state index in [0.717, 1.165) is 49.4 Å². The minimum absolute atomic E-state index is 0.106. The van der Waals surface area contributed by atoms with Crippen molar-refractivity contribution in [2.24, 2.45) is 0 Å². The van der Waals surface area contributed by atoms with Gasteiger partial charge < -0.3 is 19.2 Å². The minimum atomic E-state index is 0.106. The Bertz CT molecular complexity index is 824. The highest BCUT2D eigenvalue weighted by atomic mass is 16.5. The second-order valence-corrected chi connectivity index (χ2v) is 8.20. The number of ether oxygens (including phenoxy) is 1. The van der Waals surface area contributed by atoms with Gasteiger partial charge in [-0.15, -0.1) is 0 Å². The zero-order chi connectivity index (χ0) is 20.2. The molecule has 0 spiro atoms. The molecule has 2 aliphatic rings. The Hall–Kier alpha value is -2.31. The summed E-state index contributed by atoms with van der Waals surface area (Å²) >= 11 is 0. The molecule has 2 aromatic rings. The van der Waals surface area contributed by atoms with Crippen molar-refractivity contribution in [3.8, 4) is 5.75 Å². The predicted octanol–water partition coefficient (Wildman–Crippen LogP) is 3.47. The van der Waals surface area contributed by atoms with E-state index < -0.39 is 0 Å². The summed E-state index contributed by atoms with van der Waals surface area (Å²) in [5.74, 6) is 2.06. The van der Waals surface area contributed by atoms with E-state index in [1.165, 1.54) is 0 Å². The number of carbonyl (C=O) groups excluding carboxylic acids is 1. The molecule has 4 rings (SSSR count). The highest BCUT2D eigenvalue weighted by Gasteiger charge is 2.34. The monoisotopic (exact) mass is 398 g/mol. The number of furan rings is 1. The summed E-state index contributed by atoms with van der Waals surface area (Å²) in [5.41, 5.74) is 0.831. The largest absolute Gasteiger partial charge is 0.508 e. The van der Waals surface area contributed by atoms with Crippen LogP contribution < -0.4 is 0 Å². The van der Waals surface area contributed by atoms with Crippen molar-refractivity contribution in [1.29, 1.82) is 0 Å². The zero-order valence-corrected chi connectivity index (χ0v) is 17.0. The molecule has 0 bridgehead atoms. The third kappa shape index (κ3) is 5.40. The topological polar surface area (TPSA) is 66.2 Å². The van der Waals surface area contributed by atoms with E-state index in [9.17, 15) is 9.90 Å². The van der Waals surface area contributed by atoms with Crippen LogP contribution in [0.2, 0.25) is 0 Å². The number of nitrogens with zero attached hydrogens (tertiary/aromatic N) is 2. The molecular weight excluding hydrogens is 368 g/mol. The molecule has 1 unspecified atom stereocenters. The van der Waals surface area contributed by atoms with Crippen LogP contribution in [0.15, 0.2) is 40.8 Å². The average molecular weight is 399 g/mol. The minimum Gasteiger partial charge on any atom is -0.508 e. The third-order valence-electron chi connectivity index (χ3n) is 5.66. The maximum atomic E-state index is 13.2. The van der Waals surface area contributed by atoms with Crippen molar-refractivity contribution in [2.75, 3.05) is 19.7 Å². The van der Waals surface area contributed by atoms with Gasteiger partial charge in [0.1, 0.15) is 17.3 Å². The van der Waals surface area contributed by atoms with Crippen LogP contribution in [0.4, 0.5) is 0 Å². The molecule has 1 atom stereocenters. The molecule has 1 saturated heterocycles. The molecule has 1 aromatic heterocycles. The number of phenolic OH excluding ortho intramolecular Hbond substituents is 1. The Morgan fingerprint density at radius 2 is 1.97 bits per heavy atom. The van der Waals surface area contributed by atoms with Crippen LogP contribution in [0, 0.1) is 6.92 Å². The van der Waals surface area contributed by atoms with Crippen molar-refractivity contribution in [3.05, 3.63) is 53.5 Å². The van der Waals surface area contributed by atoms with Gasteiger partial charge in [0.15, 0.2) is 0 Å². The van der Waals surface area contributed by atoms with Gasteiger partial charge in [-0.1, -0.05) is 18.2 Å². The lowest BCUT2D eigenvalue weighted by Crippen LogP contribution is -2.43. The first-order valence-corrected chi connectivity index (χ1v) is 10.5. The molecule has 1 amide bonds. The number of rotatable bonds is 9. The molecule has 1 aliphatic carbocycles. The number of para-hydroxylation sites is 1. The van der Waals surface area contributed by atoms with Crippen molar-refractivity contribution in [3.63, 3.8) is 0 Å².